The topological polar surface area (TPSA) is 38.7 Å². The summed E-state index contributed by atoms with van der Waals surface area (Å²) in [5, 5.41) is 2.40. The van der Waals surface area contributed by atoms with Crippen molar-refractivity contribution in [1.82, 2.24) is 0 Å². The Balaban J connectivity index is 1.35. The van der Waals surface area contributed by atoms with Gasteiger partial charge in [0.05, 0.1) is 17.5 Å². The van der Waals surface area contributed by atoms with Crippen LogP contribution in [-0.4, -0.2) is 17.7 Å². The minimum atomic E-state index is -0.334. The molecule has 0 spiro atoms. The van der Waals surface area contributed by atoms with Crippen LogP contribution < -0.4 is 0 Å². The lowest BCUT2D eigenvalue weighted by Crippen LogP contribution is -2.01. The van der Waals surface area contributed by atoms with Gasteiger partial charge in [0.15, 0.2) is 0 Å². The lowest BCUT2D eigenvalue weighted by atomic mass is 9.88. The third-order valence-electron chi connectivity index (χ3n) is 6.17. The zero-order valence-corrected chi connectivity index (χ0v) is 20.6. The number of nitrogens with zero attached hydrogens (tertiary/aromatic N) is 1. The van der Waals surface area contributed by atoms with Gasteiger partial charge in [-0.1, -0.05) is 79.6 Å². The number of carbonyl (C=O) groups excluding carboxylic acids is 1. The minimum absolute atomic E-state index is 0.334. The molecule has 3 rings (SSSR count). The summed E-state index contributed by atoms with van der Waals surface area (Å²) in [5.41, 5.74) is 6.35. The van der Waals surface area contributed by atoms with Crippen LogP contribution in [0.5, 0.6) is 0 Å². The maximum absolute atomic E-state index is 11.0. The fraction of sp³-hybridized carbons (Fsp3) is 0.333. The normalized spacial score (nSPS) is 14.7. The number of carbonyl (C=O) groups is 1. The first-order chi connectivity index (χ1) is 16.7. The number of thiocarbonyl (C=S) groups is 1. The monoisotopic (exact) mass is 471 g/mol. The molecule has 0 aliphatic heterocycles. The van der Waals surface area contributed by atoms with E-state index in [1.54, 1.807) is 0 Å². The third-order valence-corrected chi connectivity index (χ3v) is 6.26. The summed E-state index contributed by atoms with van der Waals surface area (Å²) in [5.74, 6) is 0.127. The first-order valence-electron chi connectivity index (χ1n) is 12.1. The lowest BCUT2D eigenvalue weighted by molar-refractivity contribution is -0.137. The maximum Gasteiger partial charge on any atom is 0.330 e. The number of isothiocyanates is 1. The summed E-state index contributed by atoms with van der Waals surface area (Å²) in [7, 11) is 0. The summed E-state index contributed by atoms with van der Waals surface area (Å²) in [6.07, 6.45) is 16.8. The van der Waals surface area contributed by atoms with Gasteiger partial charge in [0.1, 0.15) is 0 Å². The van der Waals surface area contributed by atoms with Gasteiger partial charge in [0, 0.05) is 12.0 Å². The Morgan fingerprint density at radius 1 is 1.00 bits per heavy atom. The van der Waals surface area contributed by atoms with Crippen molar-refractivity contribution in [2.75, 3.05) is 6.61 Å². The van der Waals surface area contributed by atoms with Gasteiger partial charge < -0.3 is 4.74 Å². The maximum atomic E-state index is 11.0. The quantitative estimate of drug-likeness (QED) is 0.0981. The largest absolute Gasteiger partial charge is 0.463 e. The van der Waals surface area contributed by atoms with E-state index in [-0.39, 0.29) is 5.97 Å². The second kappa shape index (κ2) is 14.2. The zero-order chi connectivity index (χ0) is 24.0. The molecule has 176 valence electrons. The highest BCUT2D eigenvalue weighted by atomic mass is 32.1. The number of aryl methyl sites for hydroxylation is 2. The van der Waals surface area contributed by atoms with Gasteiger partial charge in [0.25, 0.3) is 0 Å². The predicted molar refractivity (Wildman–Crippen MR) is 144 cm³/mol. The van der Waals surface area contributed by atoms with Crippen LogP contribution in [0.4, 0.5) is 5.69 Å². The number of hydrogen-bond donors (Lipinski definition) is 0. The molecule has 0 fully saturated rings. The third kappa shape index (κ3) is 8.70. The molecule has 3 nitrogen and oxygen atoms in total. The van der Waals surface area contributed by atoms with Crippen LogP contribution in [0.15, 0.2) is 90.0 Å². The van der Waals surface area contributed by atoms with Crippen LogP contribution in [0.2, 0.25) is 0 Å². The van der Waals surface area contributed by atoms with E-state index in [2.05, 4.69) is 83.6 Å². The molecule has 0 amide bonds. The van der Waals surface area contributed by atoms with Crippen molar-refractivity contribution in [1.29, 1.82) is 0 Å². The van der Waals surface area contributed by atoms with E-state index < -0.39 is 0 Å². The van der Waals surface area contributed by atoms with E-state index in [0.29, 0.717) is 12.5 Å². The molecular formula is C30H33NO2S. The number of esters is 1. The van der Waals surface area contributed by atoms with Crippen molar-refractivity contribution in [3.63, 3.8) is 0 Å². The molecule has 2 aromatic carbocycles. The molecule has 1 aliphatic carbocycles. The van der Waals surface area contributed by atoms with Crippen LogP contribution in [0.25, 0.3) is 0 Å². The Kier molecular flexibility index (Phi) is 10.7. The molecule has 0 bridgehead atoms. The van der Waals surface area contributed by atoms with E-state index in [9.17, 15) is 4.79 Å². The van der Waals surface area contributed by atoms with Gasteiger partial charge in [-0.2, -0.15) is 4.99 Å². The molecule has 34 heavy (non-hydrogen) atoms. The average Bonchev–Trinajstić information content (AvgIpc) is 2.88. The van der Waals surface area contributed by atoms with Crippen LogP contribution >= 0.6 is 12.2 Å². The van der Waals surface area contributed by atoms with Crippen LogP contribution in [0.1, 0.15) is 61.1 Å². The number of hydrogen-bond acceptors (Lipinski definition) is 4. The van der Waals surface area contributed by atoms with Crippen molar-refractivity contribution in [3.8, 4) is 0 Å². The molecule has 0 aromatic heterocycles. The Labute approximate surface area is 209 Å². The fourth-order valence-electron chi connectivity index (χ4n) is 4.12. The molecule has 4 heteroatoms. The second-order valence-electron chi connectivity index (χ2n) is 8.63. The zero-order valence-electron chi connectivity index (χ0n) is 19.7. The number of allylic oxidation sites excluding steroid dienone is 4. The van der Waals surface area contributed by atoms with Crippen LogP contribution in [-0.2, 0) is 22.4 Å². The molecule has 1 unspecified atom stereocenters. The molecule has 0 saturated heterocycles. The van der Waals surface area contributed by atoms with Gasteiger partial charge in [-0.15, -0.1) is 0 Å². The van der Waals surface area contributed by atoms with Crippen molar-refractivity contribution in [3.05, 3.63) is 102 Å². The summed E-state index contributed by atoms with van der Waals surface area (Å²) in [6, 6.07) is 17.3. The van der Waals surface area contributed by atoms with E-state index in [4.69, 9.17) is 4.74 Å². The summed E-state index contributed by atoms with van der Waals surface area (Å²) in [6.45, 7) is 3.89. The SMILES string of the molecule is C=CC(=O)OCCCCCCc1ccc(C2C=CC(CCc3ccc(N=C=S)cc3)=CC2)cc1. The molecule has 0 saturated carbocycles. The minimum Gasteiger partial charge on any atom is -0.463 e. The van der Waals surface area contributed by atoms with E-state index in [0.717, 1.165) is 57.1 Å². The number of rotatable bonds is 13. The highest BCUT2D eigenvalue weighted by molar-refractivity contribution is 7.78. The van der Waals surface area contributed by atoms with Crippen molar-refractivity contribution < 1.29 is 9.53 Å². The highest BCUT2D eigenvalue weighted by Crippen LogP contribution is 2.29. The molecular weight excluding hydrogens is 438 g/mol. The Morgan fingerprint density at radius 2 is 1.71 bits per heavy atom. The Bertz CT molecular complexity index is 1040. The van der Waals surface area contributed by atoms with Crippen molar-refractivity contribution in [2.24, 2.45) is 4.99 Å². The van der Waals surface area contributed by atoms with Gasteiger partial charge in [-0.3, -0.25) is 0 Å². The number of benzene rings is 2. The molecule has 2 aromatic rings. The van der Waals surface area contributed by atoms with Crippen LogP contribution in [0, 0.1) is 0 Å². The standard InChI is InChI=1S/C30H33NO2S/c1-2-30(32)33-22-6-4-3-5-7-24-10-16-27(17-11-24)28-18-12-25(13-19-28)8-9-26-14-20-29(21-15-26)31-23-34/h2,10-18,20-21,28H,1,3-9,19,22H2. The fourth-order valence-corrected chi connectivity index (χ4v) is 4.23. The smallest absolute Gasteiger partial charge is 0.330 e. The Morgan fingerprint density at radius 3 is 2.38 bits per heavy atom. The Hall–Kier alpha value is -3.07. The number of ether oxygens (including phenoxy) is 1. The van der Waals surface area contributed by atoms with Gasteiger partial charge in [-0.05, 0) is 79.6 Å². The molecule has 1 aliphatic rings. The molecule has 0 radical (unpaired) electrons. The molecule has 1 atom stereocenters. The van der Waals surface area contributed by atoms with Gasteiger partial charge >= 0.3 is 5.97 Å². The summed E-state index contributed by atoms with van der Waals surface area (Å²) >= 11 is 4.65. The average molecular weight is 472 g/mol. The number of unbranched alkanes of at least 4 members (excludes halogenated alkanes) is 3. The molecule has 0 N–H and O–H groups in total. The first-order valence-corrected chi connectivity index (χ1v) is 12.5. The van der Waals surface area contributed by atoms with Gasteiger partial charge in [0.2, 0.25) is 0 Å². The van der Waals surface area contributed by atoms with E-state index in [1.807, 2.05) is 12.1 Å². The van der Waals surface area contributed by atoms with Crippen LogP contribution in [0.3, 0.4) is 0 Å². The summed E-state index contributed by atoms with van der Waals surface area (Å²) < 4.78 is 5.00. The second-order valence-corrected chi connectivity index (χ2v) is 8.81. The molecule has 0 heterocycles. The number of aliphatic imine (C=N–C) groups is 1. The van der Waals surface area contributed by atoms with E-state index in [1.165, 1.54) is 28.3 Å². The van der Waals surface area contributed by atoms with E-state index >= 15 is 0 Å². The van der Waals surface area contributed by atoms with Gasteiger partial charge in [-0.25, -0.2) is 4.79 Å². The van der Waals surface area contributed by atoms with Crippen molar-refractivity contribution in [2.45, 2.75) is 57.3 Å². The van der Waals surface area contributed by atoms with Crippen molar-refractivity contribution >= 4 is 29.0 Å². The predicted octanol–water partition coefficient (Wildman–Crippen LogP) is 7.86. The lowest BCUT2D eigenvalue weighted by Gasteiger charge is -2.17. The first kappa shape index (κ1) is 25.6. The summed E-state index contributed by atoms with van der Waals surface area (Å²) in [4.78, 5) is 15.0. The highest BCUT2D eigenvalue weighted by Gasteiger charge is 2.11.